The molecule has 384 valence electrons. The van der Waals surface area contributed by atoms with Gasteiger partial charge in [0.05, 0.1) is 20.3 Å². The predicted molar refractivity (Wildman–Crippen MR) is 246 cm³/mol. The average Bonchev–Trinajstić information content (AvgIpc) is 3.26. The fraction of sp³-hybridized carbons (Fsp3) is 0.486. The Balaban J connectivity index is -0.00000102. The fourth-order valence-corrected chi connectivity index (χ4v) is 4.29. The van der Waals surface area contributed by atoms with Crippen molar-refractivity contribution in [2.75, 3.05) is 44.0 Å². The summed E-state index contributed by atoms with van der Waals surface area (Å²) in [6.45, 7) is -0.562. The van der Waals surface area contributed by atoms with Crippen LogP contribution < -0.4 is 39.7 Å². The molecule has 0 unspecified atom stereocenters. The summed E-state index contributed by atoms with van der Waals surface area (Å²) < 4.78 is 29.7. The maximum atomic E-state index is 10.1. The number of aliphatic hydroxyl groups is 10. The van der Waals surface area contributed by atoms with Gasteiger partial charge in [-0.2, -0.15) is 18.4 Å². The molecule has 0 heterocycles. The van der Waals surface area contributed by atoms with E-state index in [0.29, 0.717) is 23.1 Å². The van der Waals surface area contributed by atoms with E-state index in [0.717, 1.165) is 44.2 Å². The molecule has 0 amide bonds. The van der Waals surface area contributed by atoms with Gasteiger partial charge in [0, 0.05) is 34.5 Å². The van der Waals surface area contributed by atoms with Gasteiger partial charge in [-0.1, -0.05) is 36.0 Å². The van der Waals surface area contributed by atoms with Crippen LogP contribution in [0.2, 0.25) is 10.0 Å². The van der Waals surface area contributed by atoms with Crippen LogP contribution in [0.3, 0.4) is 0 Å². The molecule has 0 saturated carbocycles. The molecule has 8 atom stereocenters. The zero-order valence-corrected chi connectivity index (χ0v) is 38.0. The lowest BCUT2D eigenvalue weighted by Gasteiger charge is -2.23. The van der Waals surface area contributed by atoms with Crippen molar-refractivity contribution in [1.29, 1.82) is 0 Å². The van der Waals surface area contributed by atoms with E-state index < -0.39 is 84.4 Å². The smallest absolute Gasteiger partial charge is 0.397 e. The molecule has 26 N–H and O–H groups in total. The van der Waals surface area contributed by atoms with Crippen molar-refractivity contribution in [1.82, 2.24) is 6.15 Å². The molecular formula is C35H61Cl2N11O18S. The molecule has 0 aliphatic heterocycles. The minimum absolute atomic E-state index is 0. The van der Waals surface area contributed by atoms with E-state index in [-0.39, 0.29) is 30.0 Å². The number of halogens is 2. The van der Waals surface area contributed by atoms with Crippen molar-refractivity contribution >= 4 is 80.8 Å². The van der Waals surface area contributed by atoms with E-state index in [2.05, 4.69) is 34.8 Å². The number of aliphatic imine (C=N–C) groups is 4. The largest absolute Gasteiger partial charge is 0.479 e. The number of unbranched alkanes of at least 4 members (excludes halogenated alkanes) is 3. The van der Waals surface area contributed by atoms with Gasteiger partial charge in [0.15, 0.2) is 12.2 Å². The van der Waals surface area contributed by atoms with Crippen LogP contribution in [0.25, 0.3) is 0 Å². The quantitative estimate of drug-likeness (QED) is 0.0260. The van der Waals surface area contributed by atoms with Gasteiger partial charge < -0.3 is 101 Å². The number of aliphatic hydroxyl groups excluding tert-OH is 10. The second kappa shape index (κ2) is 36.0. The van der Waals surface area contributed by atoms with Gasteiger partial charge in [-0.15, -0.1) is 0 Å². The van der Waals surface area contributed by atoms with E-state index in [1.807, 2.05) is 0 Å². The molecule has 2 aromatic carbocycles. The van der Waals surface area contributed by atoms with Gasteiger partial charge in [-0.25, -0.2) is 9.59 Å². The molecule has 2 aromatic rings. The van der Waals surface area contributed by atoms with Gasteiger partial charge in [0.25, 0.3) is 0 Å². The van der Waals surface area contributed by atoms with E-state index in [1.54, 1.807) is 48.5 Å². The predicted octanol–water partition coefficient (Wildman–Crippen LogP) is -4.05. The minimum Gasteiger partial charge on any atom is -0.479 e. The number of guanidine groups is 4. The maximum Gasteiger partial charge on any atom is 0.397 e. The number of carboxylic acid groups (broad SMARTS) is 2. The molecule has 32 heteroatoms. The summed E-state index contributed by atoms with van der Waals surface area (Å²) in [7, 11) is -3.29. The highest BCUT2D eigenvalue weighted by Crippen LogP contribution is 2.14. The van der Waals surface area contributed by atoms with Crippen molar-refractivity contribution in [3.63, 3.8) is 0 Å². The number of hydrogen-bond acceptors (Lipinski definition) is 18. The highest BCUT2D eigenvalue weighted by atomic mass is 35.5. The highest BCUT2D eigenvalue weighted by Gasteiger charge is 2.34. The number of rotatable bonds is 20. The zero-order chi connectivity index (χ0) is 51.2. The maximum absolute atomic E-state index is 10.1. The number of nitrogens with zero attached hydrogens (tertiary/aromatic N) is 4. The Hall–Kier alpha value is -5.13. The lowest BCUT2D eigenvalue weighted by atomic mass is 10.0. The van der Waals surface area contributed by atoms with Crippen LogP contribution in [0.1, 0.15) is 25.7 Å². The van der Waals surface area contributed by atoms with Crippen LogP contribution in [0.15, 0.2) is 68.5 Å². The molecule has 0 aromatic heterocycles. The van der Waals surface area contributed by atoms with E-state index in [4.69, 9.17) is 112 Å². The second-order valence-corrected chi connectivity index (χ2v) is 14.8. The number of carboxylic acids is 2. The first kappa shape index (κ1) is 66.1. The zero-order valence-electron chi connectivity index (χ0n) is 35.7. The Morgan fingerprint density at radius 3 is 1.13 bits per heavy atom. The normalized spacial score (nSPS) is 15.6. The molecule has 0 aliphatic carbocycles. The van der Waals surface area contributed by atoms with E-state index in [9.17, 15) is 18.0 Å². The van der Waals surface area contributed by atoms with Crippen molar-refractivity contribution < 1.29 is 88.0 Å². The lowest BCUT2D eigenvalue weighted by molar-refractivity contribution is -0.164. The molecular weight excluding hydrogens is 965 g/mol. The third-order valence-electron chi connectivity index (χ3n) is 7.54. The Kier molecular flexibility index (Phi) is 35.5. The van der Waals surface area contributed by atoms with E-state index in [1.165, 1.54) is 0 Å². The molecule has 0 saturated heterocycles. The average molecular weight is 1030 g/mol. The first-order chi connectivity index (χ1) is 30.7. The molecule has 0 radical (unpaired) electrons. The third-order valence-corrected chi connectivity index (χ3v) is 8.47. The summed E-state index contributed by atoms with van der Waals surface area (Å²) in [5, 5.41) is 111. The van der Waals surface area contributed by atoms with Crippen LogP contribution in [0.4, 0.5) is 11.4 Å². The van der Waals surface area contributed by atoms with Crippen LogP contribution >= 0.6 is 23.2 Å². The number of carbonyl (C=O) groups is 2. The lowest BCUT2D eigenvalue weighted by Crippen LogP contribution is -2.48. The Bertz CT molecular complexity index is 1820. The first-order valence-corrected chi connectivity index (χ1v) is 20.8. The Morgan fingerprint density at radius 1 is 0.612 bits per heavy atom. The van der Waals surface area contributed by atoms with Gasteiger partial charge in [-0.05, 0) is 61.4 Å². The summed E-state index contributed by atoms with van der Waals surface area (Å²) in [5.74, 6) is -2.89. The monoisotopic (exact) mass is 1030 g/mol. The van der Waals surface area contributed by atoms with Crippen molar-refractivity contribution in [3.05, 3.63) is 58.6 Å². The van der Waals surface area contributed by atoms with Crippen LogP contribution in [0.5, 0.6) is 0 Å². The molecule has 29 nitrogen and oxygen atoms in total. The van der Waals surface area contributed by atoms with Crippen molar-refractivity contribution in [2.45, 2.75) is 74.5 Å². The van der Waals surface area contributed by atoms with Gasteiger partial charge in [0.1, 0.15) is 36.6 Å². The number of hydrogen-bond donors (Lipinski definition) is 20. The number of benzene rings is 2. The number of nitrogens with two attached hydrogens (primary N) is 4. The molecule has 0 bridgehead atoms. The molecule has 0 spiro atoms. The van der Waals surface area contributed by atoms with E-state index >= 15 is 0 Å². The Morgan fingerprint density at radius 2 is 0.896 bits per heavy atom. The second-order valence-electron chi connectivity index (χ2n) is 12.8. The molecule has 2 rings (SSSR count). The fourth-order valence-electron chi connectivity index (χ4n) is 4.04. The summed E-state index contributed by atoms with van der Waals surface area (Å²) >= 11 is 11.7. The Labute approximate surface area is 393 Å². The molecule has 0 fully saturated rings. The summed E-state index contributed by atoms with van der Waals surface area (Å²) in [4.78, 5) is 36.7. The number of nitrogens with one attached hydrogen (secondary N) is 2. The van der Waals surface area contributed by atoms with Crippen LogP contribution in [-0.4, -0.2) is 192 Å². The number of anilines is 2. The SMILES string of the molecule is COS(=O)(=O)O.N.NC(=NCCCCCCN=C(N)N=C(N)Nc1ccc(Cl)cc1)N=C(N)Nc1ccc(Cl)cc1.O=C(O)[C@H](O)[C@@H](O)[C@H](O)[C@H](O)CO.O=C(O)[C@H](O)[C@@H](O)[C@H](O)[C@H](O)CO. The van der Waals surface area contributed by atoms with Gasteiger partial charge >= 0.3 is 22.3 Å². The number of aliphatic carboxylic acids is 2. The summed E-state index contributed by atoms with van der Waals surface area (Å²) in [6, 6.07) is 14.1. The van der Waals surface area contributed by atoms with Gasteiger partial charge in [0.2, 0.25) is 23.8 Å². The highest BCUT2D eigenvalue weighted by molar-refractivity contribution is 7.80. The first-order valence-electron chi connectivity index (χ1n) is 18.7. The topological polar surface area (TPSA) is 553 Å². The third kappa shape index (κ3) is 32.3. The minimum atomic E-state index is -4.16. The van der Waals surface area contributed by atoms with Crippen molar-refractivity contribution in [3.8, 4) is 0 Å². The summed E-state index contributed by atoms with van der Waals surface area (Å²) in [6.07, 6.45) is -12.0. The van der Waals surface area contributed by atoms with Crippen molar-refractivity contribution in [2.24, 2.45) is 42.9 Å². The summed E-state index contributed by atoms with van der Waals surface area (Å²) in [5.41, 5.74) is 24.8. The molecule has 0 aliphatic rings. The standard InChI is InChI=1S/C22H30Cl2N10.2C6H12O7.CH4O4S.H3N/c23-15-5-9-17(10-6-15)31-21(27)33-19(25)29-13-3-1-2-4-14-30-20(26)34-22(28)32-18-11-7-16(24)8-12-18;2*7-1-2(8)3(9)4(10)5(11)6(12)13;1-5-6(2,3)4;/h5-12H,1-4,13-14H2,(H5,25,27,29,31,33)(H5,26,28,30,32,34);2*2-5,7-11H,1H2,(H,12,13);1H3,(H,2,3,4);1H3/t;2*2-,3-,4+,5-;;/m.11../s1. The van der Waals surface area contributed by atoms with Crippen LogP contribution in [-0.2, 0) is 24.2 Å². The van der Waals surface area contributed by atoms with Crippen LogP contribution in [0, 0.1) is 0 Å². The molecule has 67 heavy (non-hydrogen) atoms. The van der Waals surface area contributed by atoms with Gasteiger partial charge in [-0.3, -0.25) is 18.7 Å².